The number of morpholine rings is 1. The summed E-state index contributed by atoms with van der Waals surface area (Å²) in [6.45, 7) is 7.65. The number of benzene rings is 1. The molecule has 0 bridgehead atoms. The number of carbonyl (C=O) groups excluding carboxylic acids is 1. The molecule has 1 fully saturated rings. The first-order chi connectivity index (χ1) is 12.1. The van der Waals surface area contributed by atoms with Gasteiger partial charge in [0.1, 0.15) is 0 Å². The zero-order valence-electron chi connectivity index (χ0n) is 15.7. The molecule has 0 aliphatic carbocycles. The van der Waals surface area contributed by atoms with Gasteiger partial charge in [0.25, 0.3) is 0 Å². The number of ether oxygens (including phenoxy) is 1. The van der Waals surface area contributed by atoms with E-state index in [0.29, 0.717) is 6.42 Å². The van der Waals surface area contributed by atoms with Crippen LogP contribution in [0.2, 0.25) is 0 Å². The van der Waals surface area contributed by atoms with E-state index in [0.717, 1.165) is 57.5 Å². The molecule has 3 N–H and O–H groups in total. The summed E-state index contributed by atoms with van der Waals surface area (Å²) in [7, 11) is 0. The van der Waals surface area contributed by atoms with E-state index in [1.165, 1.54) is 5.56 Å². The van der Waals surface area contributed by atoms with Crippen molar-refractivity contribution in [2.75, 3.05) is 25.0 Å². The van der Waals surface area contributed by atoms with Crippen molar-refractivity contribution in [3.63, 3.8) is 0 Å². The molecule has 0 aromatic heterocycles. The monoisotopic (exact) mass is 347 g/mol. The second kappa shape index (κ2) is 10.5. The average Bonchev–Trinajstić information content (AvgIpc) is 2.55. The highest BCUT2D eigenvalue weighted by Crippen LogP contribution is 2.20. The van der Waals surface area contributed by atoms with Crippen LogP contribution < -0.4 is 11.1 Å². The van der Waals surface area contributed by atoms with Crippen LogP contribution in [0.4, 0.5) is 5.69 Å². The number of nitrogens with one attached hydrogen (secondary N) is 1. The molecular weight excluding hydrogens is 314 g/mol. The van der Waals surface area contributed by atoms with Gasteiger partial charge in [0, 0.05) is 31.7 Å². The van der Waals surface area contributed by atoms with E-state index in [2.05, 4.69) is 30.1 Å². The zero-order chi connectivity index (χ0) is 18.1. The molecule has 2 unspecified atom stereocenters. The Hall–Kier alpha value is -1.43. The van der Waals surface area contributed by atoms with Crippen LogP contribution in [0.1, 0.15) is 51.5 Å². The smallest absolute Gasteiger partial charge is 0.224 e. The number of hydrogen-bond acceptors (Lipinski definition) is 4. The van der Waals surface area contributed by atoms with Gasteiger partial charge in [-0.3, -0.25) is 9.69 Å². The van der Waals surface area contributed by atoms with E-state index in [1.807, 2.05) is 18.2 Å². The van der Waals surface area contributed by atoms with E-state index < -0.39 is 0 Å². The Labute approximate surface area is 151 Å². The van der Waals surface area contributed by atoms with Gasteiger partial charge in [0.05, 0.1) is 12.2 Å². The van der Waals surface area contributed by atoms with Crippen molar-refractivity contribution in [1.82, 2.24) is 4.90 Å². The molecule has 5 heteroatoms. The fraction of sp³-hybridized carbons (Fsp3) is 0.650. The largest absolute Gasteiger partial charge is 0.373 e. The number of para-hydroxylation sites is 1. The molecule has 1 aromatic carbocycles. The number of carbonyl (C=O) groups is 1. The second-order valence-electron chi connectivity index (χ2n) is 7.11. The number of amides is 1. The van der Waals surface area contributed by atoms with Crippen molar-refractivity contribution in [2.24, 2.45) is 5.73 Å². The molecule has 5 nitrogen and oxygen atoms in total. The highest BCUT2D eigenvalue weighted by Gasteiger charge is 2.22. The molecule has 1 aliphatic heterocycles. The van der Waals surface area contributed by atoms with Crippen molar-refractivity contribution >= 4 is 11.6 Å². The van der Waals surface area contributed by atoms with Crippen LogP contribution in [-0.2, 0) is 16.1 Å². The van der Waals surface area contributed by atoms with Crippen LogP contribution in [0, 0.1) is 0 Å². The molecule has 0 spiro atoms. The minimum Gasteiger partial charge on any atom is -0.373 e. The highest BCUT2D eigenvalue weighted by atomic mass is 16.5. The predicted molar refractivity (Wildman–Crippen MR) is 102 cm³/mol. The summed E-state index contributed by atoms with van der Waals surface area (Å²) in [6, 6.07) is 8.10. The quantitative estimate of drug-likeness (QED) is 0.674. The highest BCUT2D eigenvalue weighted by molar-refractivity contribution is 5.91. The molecule has 0 radical (unpaired) electrons. The third kappa shape index (κ3) is 7.14. The van der Waals surface area contributed by atoms with Crippen LogP contribution in [0.3, 0.4) is 0 Å². The topological polar surface area (TPSA) is 67.6 Å². The first kappa shape index (κ1) is 19.9. The number of nitrogens with zero attached hydrogens (tertiary/aromatic N) is 1. The van der Waals surface area contributed by atoms with Crippen LogP contribution in [0.15, 0.2) is 24.3 Å². The number of rotatable bonds is 9. The van der Waals surface area contributed by atoms with Gasteiger partial charge in [0.15, 0.2) is 0 Å². The van der Waals surface area contributed by atoms with Crippen molar-refractivity contribution in [1.29, 1.82) is 0 Å². The molecule has 2 rings (SSSR count). The standard InChI is InChI=1S/C20H33N3O2/c1-16-13-23(14-17(2)25-16)15-18-9-6-7-10-19(18)22-20(24)11-5-3-4-8-12-21/h6-7,9-10,16-17H,3-5,8,11-15,21H2,1-2H3,(H,22,24). The minimum absolute atomic E-state index is 0.101. The van der Waals surface area contributed by atoms with Crippen molar-refractivity contribution in [3.05, 3.63) is 29.8 Å². The fourth-order valence-electron chi connectivity index (χ4n) is 3.43. The third-order valence-electron chi connectivity index (χ3n) is 4.54. The minimum atomic E-state index is 0.101. The summed E-state index contributed by atoms with van der Waals surface area (Å²) in [5.41, 5.74) is 7.59. The first-order valence-corrected chi connectivity index (χ1v) is 9.54. The summed E-state index contributed by atoms with van der Waals surface area (Å²) in [5, 5.41) is 3.09. The van der Waals surface area contributed by atoms with Gasteiger partial charge in [-0.1, -0.05) is 31.0 Å². The molecule has 25 heavy (non-hydrogen) atoms. The third-order valence-corrected chi connectivity index (χ3v) is 4.54. The number of hydrogen-bond donors (Lipinski definition) is 2. The molecular formula is C20H33N3O2. The molecule has 1 saturated heterocycles. The molecule has 1 aromatic rings. The van der Waals surface area contributed by atoms with Gasteiger partial charge < -0.3 is 15.8 Å². The number of unbranched alkanes of at least 4 members (excludes halogenated alkanes) is 3. The van der Waals surface area contributed by atoms with Crippen LogP contribution in [0.5, 0.6) is 0 Å². The average molecular weight is 348 g/mol. The molecule has 1 aliphatic rings. The van der Waals surface area contributed by atoms with Gasteiger partial charge in [-0.2, -0.15) is 0 Å². The van der Waals surface area contributed by atoms with Crippen LogP contribution in [0.25, 0.3) is 0 Å². The summed E-state index contributed by atoms with van der Waals surface area (Å²) in [5.74, 6) is 0.101. The van der Waals surface area contributed by atoms with Crippen molar-refractivity contribution in [2.45, 2.75) is 64.7 Å². The molecule has 2 atom stereocenters. The van der Waals surface area contributed by atoms with Crippen LogP contribution >= 0.6 is 0 Å². The Kier molecular flexibility index (Phi) is 8.38. The number of anilines is 1. The van der Waals surface area contributed by atoms with E-state index in [-0.39, 0.29) is 18.1 Å². The molecule has 1 amide bonds. The van der Waals surface area contributed by atoms with Crippen molar-refractivity contribution < 1.29 is 9.53 Å². The summed E-state index contributed by atoms with van der Waals surface area (Å²) in [4.78, 5) is 14.6. The van der Waals surface area contributed by atoms with Gasteiger partial charge in [-0.05, 0) is 44.9 Å². The Bertz CT molecular complexity index is 525. The molecule has 140 valence electrons. The maximum Gasteiger partial charge on any atom is 0.224 e. The van der Waals surface area contributed by atoms with Gasteiger partial charge in [0.2, 0.25) is 5.91 Å². The maximum atomic E-state index is 12.2. The fourth-order valence-corrected chi connectivity index (χ4v) is 3.43. The lowest BCUT2D eigenvalue weighted by Gasteiger charge is -2.35. The summed E-state index contributed by atoms with van der Waals surface area (Å²) < 4.78 is 5.80. The Balaban J connectivity index is 1.86. The lowest BCUT2D eigenvalue weighted by Crippen LogP contribution is -2.44. The summed E-state index contributed by atoms with van der Waals surface area (Å²) in [6.07, 6.45) is 5.21. The SMILES string of the molecule is CC1CN(Cc2ccccc2NC(=O)CCCCCCN)CC(C)O1. The lowest BCUT2D eigenvalue weighted by molar-refractivity contribution is -0.116. The zero-order valence-corrected chi connectivity index (χ0v) is 15.7. The first-order valence-electron chi connectivity index (χ1n) is 9.54. The normalized spacial score (nSPS) is 21.2. The van der Waals surface area contributed by atoms with Crippen molar-refractivity contribution in [3.8, 4) is 0 Å². The van der Waals surface area contributed by atoms with E-state index in [9.17, 15) is 4.79 Å². The number of nitrogens with two attached hydrogens (primary N) is 1. The Morgan fingerprint density at radius 1 is 1.16 bits per heavy atom. The summed E-state index contributed by atoms with van der Waals surface area (Å²) >= 11 is 0. The van der Waals surface area contributed by atoms with E-state index >= 15 is 0 Å². The second-order valence-corrected chi connectivity index (χ2v) is 7.11. The van der Waals surface area contributed by atoms with E-state index in [1.54, 1.807) is 0 Å². The van der Waals surface area contributed by atoms with Gasteiger partial charge in [-0.15, -0.1) is 0 Å². The molecule has 1 heterocycles. The van der Waals surface area contributed by atoms with E-state index in [4.69, 9.17) is 10.5 Å². The molecule has 0 saturated carbocycles. The maximum absolute atomic E-state index is 12.2. The Morgan fingerprint density at radius 3 is 2.56 bits per heavy atom. The van der Waals surface area contributed by atoms with Crippen LogP contribution in [-0.4, -0.2) is 42.6 Å². The van der Waals surface area contributed by atoms with Gasteiger partial charge >= 0.3 is 0 Å². The van der Waals surface area contributed by atoms with Gasteiger partial charge in [-0.25, -0.2) is 0 Å². The Morgan fingerprint density at radius 2 is 1.84 bits per heavy atom. The lowest BCUT2D eigenvalue weighted by atomic mass is 10.1. The predicted octanol–water partition coefficient (Wildman–Crippen LogP) is 3.14.